The number of nitrogens with one attached hydrogen (secondary N) is 2. The Hall–Kier alpha value is -2.49. The second kappa shape index (κ2) is 10.5. The number of hydrogen-bond acceptors (Lipinski definition) is 6. The van der Waals surface area contributed by atoms with Crippen molar-refractivity contribution in [1.29, 1.82) is 0 Å². The Morgan fingerprint density at radius 2 is 1.73 bits per heavy atom. The number of halogens is 1. The Kier molecular flexibility index (Phi) is 8.33. The van der Waals surface area contributed by atoms with Gasteiger partial charge in [0.2, 0.25) is 15.9 Å². The lowest BCUT2D eigenvalue weighted by atomic mass is 10.2. The lowest BCUT2D eigenvalue weighted by Crippen LogP contribution is -2.44. The molecule has 0 saturated heterocycles. The zero-order valence-electron chi connectivity index (χ0n) is 17.2. The maximum atomic E-state index is 12.6. The molecule has 1 unspecified atom stereocenters. The Morgan fingerprint density at radius 1 is 1.07 bits per heavy atom. The molecule has 0 bridgehead atoms. The zero-order chi connectivity index (χ0) is 22.3. The van der Waals surface area contributed by atoms with Crippen LogP contribution >= 0.6 is 11.6 Å². The van der Waals surface area contributed by atoms with E-state index >= 15 is 0 Å². The van der Waals surface area contributed by atoms with Crippen molar-refractivity contribution in [3.63, 3.8) is 0 Å². The van der Waals surface area contributed by atoms with Gasteiger partial charge in [-0.2, -0.15) is 4.72 Å². The number of amides is 1. The summed E-state index contributed by atoms with van der Waals surface area (Å²) in [6.45, 7) is 3.85. The number of carbonyl (C=O) groups excluding carboxylic acids is 1. The lowest BCUT2D eigenvalue weighted by molar-refractivity contribution is -0.122. The highest BCUT2D eigenvalue weighted by atomic mass is 35.5. The monoisotopic (exact) mass is 456 g/mol. The number of methoxy groups -OCH3 is 2. The van der Waals surface area contributed by atoms with Crippen molar-refractivity contribution in [3.05, 3.63) is 47.0 Å². The van der Waals surface area contributed by atoms with E-state index in [0.717, 1.165) is 5.56 Å². The summed E-state index contributed by atoms with van der Waals surface area (Å²) in [7, 11) is -0.898. The van der Waals surface area contributed by atoms with Crippen molar-refractivity contribution in [2.45, 2.75) is 31.3 Å². The van der Waals surface area contributed by atoms with Gasteiger partial charge in [0.25, 0.3) is 0 Å². The number of hydrogen-bond donors (Lipinski definition) is 2. The second-order valence-corrected chi connectivity index (χ2v) is 8.40. The first-order valence-corrected chi connectivity index (χ1v) is 11.0. The molecule has 0 aliphatic rings. The molecule has 1 atom stereocenters. The Bertz CT molecular complexity index is 997. The summed E-state index contributed by atoms with van der Waals surface area (Å²) in [5, 5.41) is 2.86. The van der Waals surface area contributed by atoms with Crippen LogP contribution in [0, 0.1) is 0 Å². The summed E-state index contributed by atoms with van der Waals surface area (Å²) < 4.78 is 43.2. The average molecular weight is 457 g/mol. The number of rotatable bonds is 10. The Labute approximate surface area is 181 Å². The molecule has 30 heavy (non-hydrogen) atoms. The molecule has 0 aliphatic heterocycles. The number of sulfonamides is 1. The highest BCUT2D eigenvalue weighted by Crippen LogP contribution is 2.28. The average Bonchev–Trinajstić information content (AvgIpc) is 2.72. The molecule has 2 aromatic rings. The largest absolute Gasteiger partial charge is 0.493 e. The van der Waals surface area contributed by atoms with Crippen LogP contribution < -0.4 is 24.2 Å². The van der Waals surface area contributed by atoms with Crippen molar-refractivity contribution < 1.29 is 27.4 Å². The summed E-state index contributed by atoms with van der Waals surface area (Å²) in [4.78, 5) is 12.3. The maximum absolute atomic E-state index is 12.6. The third kappa shape index (κ3) is 6.01. The quantitative estimate of drug-likeness (QED) is 0.569. The molecule has 2 rings (SSSR count). The Balaban J connectivity index is 2.02. The Morgan fingerprint density at radius 3 is 2.33 bits per heavy atom. The first kappa shape index (κ1) is 23.8. The molecule has 0 fully saturated rings. The molecule has 10 heteroatoms. The minimum Gasteiger partial charge on any atom is -0.493 e. The predicted molar refractivity (Wildman–Crippen MR) is 114 cm³/mol. The molecular formula is C20H25ClN2O6S. The second-order valence-electron chi connectivity index (χ2n) is 6.28. The van der Waals surface area contributed by atoms with Gasteiger partial charge in [-0.1, -0.05) is 17.7 Å². The van der Waals surface area contributed by atoms with Crippen molar-refractivity contribution >= 4 is 27.5 Å². The molecule has 0 spiro atoms. The summed E-state index contributed by atoms with van der Waals surface area (Å²) in [5.74, 6) is 1.01. The molecule has 1 amide bonds. The zero-order valence-corrected chi connectivity index (χ0v) is 18.8. The van der Waals surface area contributed by atoms with Crippen LogP contribution in [-0.2, 0) is 21.4 Å². The molecule has 0 aromatic heterocycles. The van der Waals surface area contributed by atoms with Gasteiger partial charge in [0.1, 0.15) is 5.75 Å². The van der Waals surface area contributed by atoms with Crippen LogP contribution in [0.5, 0.6) is 17.2 Å². The fourth-order valence-corrected chi connectivity index (χ4v) is 4.14. The standard InChI is InChI=1S/C20H25ClN2O6S/c1-5-29-17-9-7-15(11-16(17)21)30(25,26)23-13(2)20(24)22-12-14-6-8-18(27-3)19(10-14)28-4/h6-11,13,23H,5,12H2,1-4H3,(H,22,24). The van der Waals surface area contributed by atoms with E-state index in [1.807, 2.05) is 0 Å². The topological polar surface area (TPSA) is 103 Å². The molecule has 0 aliphatic carbocycles. The molecular weight excluding hydrogens is 432 g/mol. The van der Waals surface area contributed by atoms with Gasteiger partial charge in [-0.3, -0.25) is 4.79 Å². The van der Waals surface area contributed by atoms with Gasteiger partial charge >= 0.3 is 0 Å². The summed E-state index contributed by atoms with van der Waals surface area (Å²) in [6, 6.07) is 8.36. The van der Waals surface area contributed by atoms with E-state index in [0.29, 0.717) is 23.9 Å². The first-order chi connectivity index (χ1) is 14.2. The molecule has 2 N–H and O–H groups in total. The highest BCUT2D eigenvalue weighted by molar-refractivity contribution is 7.89. The van der Waals surface area contributed by atoms with Crippen LogP contribution in [0.25, 0.3) is 0 Å². The number of ether oxygens (including phenoxy) is 3. The van der Waals surface area contributed by atoms with Crippen LogP contribution in [0.15, 0.2) is 41.3 Å². The van der Waals surface area contributed by atoms with Gasteiger partial charge in [0.05, 0.1) is 36.8 Å². The fourth-order valence-electron chi connectivity index (χ4n) is 2.61. The van der Waals surface area contributed by atoms with Crippen LogP contribution in [0.3, 0.4) is 0 Å². The molecule has 0 saturated carbocycles. The van der Waals surface area contributed by atoms with E-state index in [4.69, 9.17) is 25.8 Å². The smallest absolute Gasteiger partial charge is 0.241 e. The van der Waals surface area contributed by atoms with E-state index < -0.39 is 22.0 Å². The minimum absolute atomic E-state index is 0.0597. The van der Waals surface area contributed by atoms with Crippen LogP contribution in [0.4, 0.5) is 0 Å². The van der Waals surface area contributed by atoms with Gasteiger partial charge in [0, 0.05) is 6.54 Å². The van der Waals surface area contributed by atoms with Crippen molar-refractivity contribution in [1.82, 2.24) is 10.0 Å². The molecule has 164 valence electrons. The van der Waals surface area contributed by atoms with Gasteiger partial charge in [0.15, 0.2) is 11.5 Å². The van der Waals surface area contributed by atoms with E-state index in [-0.39, 0.29) is 16.5 Å². The number of carbonyl (C=O) groups is 1. The molecule has 0 radical (unpaired) electrons. The third-order valence-electron chi connectivity index (χ3n) is 4.15. The first-order valence-electron chi connectivity index (χ1n) is 9.15. The summed E-state index contributed by atoms with van der Waals surface area (Å²) in [6.07, 6.45) is 0. The van der Waals surface area contributed by atoms with Gasteiger partial charge in [-0.25, -0.2) is 8.42 Å². The maximum Gasteiger partial charge on any atom is 0.241 e. The van der Waals surface area contributed by atoms with E-state index in [1.54, 1.807) is 25.1 Å². The third-order valence-corrected chi connectivity index (χ3v) is 5.99. The van der Waals surface area contributed by atoms with Crippen molar-refractivity contribution in [3.8, 4) is 17.2 Å². The number of benzene rings is 2. The molecule has 8 nitrogen and oxygen atoms in total. The van der Waals surface area contributed by atoms with E-state index in [1.165, 1.54) is 39.3 Å². The normalized spacial score (nSPS) is 12.2. The fraction of sp³-hybridized carbons (Fsp3) is 0.350. The van der Waals surface area contributed by atoms with Crippen molar-refractivity contribution in [2.24, 2.45) is 0 Å². The lowest BCUT2D eigenvalue weighted by Gasteiger charge is -2.16. The highest BCUT2D eigenvalue weighted by Gasteiger charge is 2.23. The summed E-state index contributed by atoms with van der Waals surface area (Å²) >= 11 is 6.06. The van der Waals surface area contributed by atoms with Crippen LogP contribution in [-0.4, -0.2) is 41.2 Å². The van der Waals surface area contributed by atoms with E-state index in [2.05, 4.69) is 10.0 Å². The van der Waals surface area contributed by atoms with Crippen LogP contribution in [0.2, 0.25) is 5.02 Å². The van der Waals surface area contributed by atoms with Crippen LogP contribution in [0.1, 0.15) is 19.4 Å². The van der Waals surface area contributed by atoms with Crippen molar-refractivity contribution in [2.75, 3.05) is 20.8 Å². The SMILES string of the molecule is CCOc1ccc(S(=O)(=O)NC(C)C(=O)NCc2ccc(OC)c(OC)c2)cc1Cl. The summed E-state index contributed by atoms with van der Waals surface area (Å²) in [5.41, 5.74) is 0.773. The molecule has 0 heterocycles. The van der Waals surface area contributed by atoms with Gasteiger partial charge < -0.3 is 19.5 Å². The molecule has 2 aromatic carbocycles. The van der Waals surface area contributed by atoms with Gasteiger partial charge in [-0.15, -0.1) is 0 Å². The minimum atomic E-state index is -3.95. The van der Waals surface area contributed by atoms with Gasteiger partial charge in [-0.05, 0) is 49.7 Å². The van der Waals surface area contributed by atoms with E-state index in [9.17, 15) is 13.2 Å². The predicted octanol–water partition coefficient (Wildman–Crippen LogP) is 2.74.